The summed E-state index contributed by atoms with van der Waals surface area (Å²) < 4.78 is 2.07. The van der Waals surface area contributed by atoms with E-state index in [1.54, 1.807) is 0 Å². The highest BCUT2D eigenvalue weighted by Crippen LogP contribution is 2.22. The second kappa shape index (κ2) is 5.75. The molecule has 0 amide bonds. The fourth-order valence-corrected chi connectivity index (χ4v) is 2.34. The summed E-state index contributed by atoms with van der Waals surface area (Å²) in [6.07, 6.45) is 1.95. The number of fused-ring (bicyclic) bond motifs is 1. The molecule has 1 heterocycles. The second-order valence-electron chi connectivity index (χ2n) is 5.08. The molecular formula is C15H21ClN2. The molecule has 1 unspecified atom stereocenters. The zero-order valence-electron chi connectivity index (χ0n) is 11.4. The van der Waals surface area contributed by atoms with Gasteiger partial charge in [0.05, 0.1) is 11.2 Å². The van der Waals surface area contributed by atoms with Crippen LogP contribution in [-0.2, 0) is 13.0 Å². The molecule has 0 aliphatic carbocycles. The van der Waals surface area contributed by atoms with Gasteiger partial charge in [-0.05, 0) is 31.7 Å². The molecule has 18 heavy (non-hydrogen) atoms. The van der Waals surface area contributed by atoms with Crippen molar-refractivity contribution < 1.29 is 0 Å². The first-order valence-electron chi connectivity index (χ1n) is 6.72. The highest BCUT2D eigenvalue weighted by atomic mass is 35.5. The summed E-state index contributed by atoms with van der Waals surface area (Å²) in [6, 6.07) is 8.44. The zero-order chi connectivity index (χ0) is 13.1. The molecular weight excluding hydrogens is 244 g/mol. The molecule has 2 nitrogen and oxygen atoms in total. The van der Waals surface area contributed by atoms with Gasteiger partial charge in [-0.15, -0.1) is 11.6 Å². The molecule has 0 aliphatic rings. The van der Waals surface area contributed by atoms with Crippen molar-refractivity contribution in [2.45, 2.75) is 45.5 Å². The van der Waals surface area contributed by atoms with E-state index in [9.17, 15) is 0 Å². The SMILES string of the molecule is CCn1nc(CCC(Cl)C(C)C)c2ccccc21. The van der Waals surface area contributed by atoms with E-state index in [1.807, 2.05) is 0 Å². The van der Waals surface area contributed by atoms with Gasteiger partial charge in [0.2, 0.25) is 0 Å². The minimum absolute atomic E-state index is 0.232. The van der Waals surface area contributed by atoms with Crippen LogP contribution in [0.3, 0.4) is 0 Å². The third kappa shape index (κ3) is 2.69. The van der Waals surface area contributed by atoms with Crippen molar-refractivity contribution >= 4 is 22.5 Å². The Morgan fingerprint density at radius 2 is 2.00 bits per heavy atom. The van der Waals surface area contributed by atoms with E-state index in [1.165, 1.54) is 16.6 Å². The lowest BCUT2D eigenvalue weighted by Gasteiger charge is -2.11. The largest absolute Gasteiger partial charge is 0.265 e. The molecule has 1 aromatic heterocycles. The summed E-state index contributed by atoms with van der Waals surface area (Å²) in [5.41, 5.74) is 2.41. The summed E-state index contributed by atoms with van der Waals surface area (Å²) in [5.74, 6) is 0.520. The van der Waals surface area contributed by atoms with Crippen LogP contribution >= 0.6 is 11.6 Å². The molecule has 0 N–H and O–H groups in total. The summed E-state index contributed by atoms with van der Waals surface area (Å²) >= 11 is 6.32. The Bertz CT molecular complexity index is 516. The van der Waals surface area contributed by atoms with Crippen LogP contribution in [0.1, 0.15) is 32.9 Å². The van der Waals surface area contributed by atoms with Gasteiger partial charge in [-0.3, -0.25) is 4.68 Å². The Balaban J connectivity index is 2.23. The van der Waals surface area contributed by atoms with Crippen LogP contribution in [0.15, 0.2) is 24.3 Å². The Morgan fingerprint density at radius 1 is 1.28 bits per heavy atom. The molecule has 1 atom stereocenters. The number of hydrogen-bond donors (Lipinski definition) is 0. The maximum absolute atomic E-state index is 6.32. The van der Waals surface area contributed by atoms with Gasteiger partial charge in [-0.1, -0.05) is 32.0 Å². The van der Waals surface area contributed by atoms with Gasteiger partial charge >= 0.3 is 0 Å². The predicted octanol–water partition coefficient (Wildman–Crippen LogP) is 4.25. The molecule has 2 rings (SSSR count). The number of aryl methyl sites for hydroxylation is 2. The first-order chi connectivity index (χ1) is 8.63. The number of nitrogens with zero attached hydrogens (tertiary/aromatic N) is 2. The van der Waals surface area contributed by atoms with E-state index in [0.29, 0.717) is 5.92 Å². The number of aromatic nitrogens is 2. The van der Waals surface area contributed by atoms with Gasteiger partial charge in [0.15, 0.2) is 0 Å². The molecule has 0 fully saturated rings. The van der Waals surface area contributed by atoms with Crippen molar-refractivity contribution in [1.29, 1.82) is 0 Å². The van der Waals surface area contributed by atoms with Crippen molar-refractivity contribution in [2.75, 3.05) is 0 Å². The van der Waals surface area contributed by atoms with Gasteiger partial charge in [0.25, 0.3) is 0 Å². The Kier molecular flexibility index (Phi) is 4.28. The molecule has 98 valence electrons. The smallest absolute Gasteiger partial charge is 0.0703 e. The van der Waals surface area contributed by atoms with Crippen molar-refractivity contribution in [3.05, 3.63) is 30.0 Å². The number of para-hydroxylation sites is 1. The summed E-state index contributed by atoms with van der Waals surface area (Å²) in [5, 5.41) is 6.20. The van der Waals surface area contributed by atoms with E-state index >= 15 is 0 Å². The third-order valence-electron chi connectivity index (χ3n) is 3.41. The van der Waals surface area contributed by atoms with Crippen molar-refractivity contribution in [2.24, 2.45) is 5.92 Å². The Morgan fingerprint density at radius 3 is 2.67 bits per heavy atom. The minimum Gasteiger partial charge on any atom is -0.265 e. The van der Waals surface area contributed by atoms with Crippen LogP contribution in [0.25, 0.3) is 10.9 Å². The number of hydrogen-bond acceptors (Lipinski definition) is 1. The van der Waals surface area contributed by atoms with Gasteiger partial charge in [0, 0.05) is 17.3 Å². The van der Waals surface area contributed by atoms with Gasteiger partial charge in [0.1, 0.15) is 0 Å². The molecule has 3 heteroatoms. The van der Waals surface area contributed by atoms with E-state index in [4.69, 9.17) is 16.7 Å². The fraction of sp³-hybridized carbons (Fsp3) is 0.533. The monoisotopic (exact) mass is 264 g/mol. The highest BCUT2D eigenvalue weighted by Gasteiger charge is 2.13. The number of alkyl halides is 1. The van der Waals surface area contributed by atoms with Crippen LogP contribution in [-0.4, -0.2) is 15.2 Å². The minimum atomic E-state index is 0.232. The highest BCUT2D eigenvalue weighted by molar-refractivity contribution is 6.20. The lowest BCUT2D eigenvalue weighted by atomic mass is 10.0. The molecule has 0 spiro atoms. The Labute approximate surface area is 114 Å². The van der Waals surface area contributed by atoms with Crippen molar-refractivity contribution in [1.82, 2.24) is 9.78 Å². The fourth-order valence-electron chi connectivity index (χ4n) is 2.23. The lowest BCUT2D eigenvalue weighted by molar-refractivity contribution is 0.558. The van der Waals surface area contributed by atoms with E-state index in [-0.39, 0.29) is 5.38 Å². The van der Waals surface area contributed by atoms with Crippen LogP contribution in [0.4, 0.5) is 0 Å². The second-order valence-corrected chi connectivity index (χ2v) is 5.64. The standard InChI is InChI=1S/C15H21ClN2/c1-4-18-15-8-6-5-7-12(15)14(17-18)10-9-13(16)11(2)3/h5-8,11,13H,4,9-10H2,1-3H3. The van der Waals surface area contributed by atoms with Crippen molar-refractivity contribution in [3.63, 3.8) is 0 Å². The first kappa shape index (κ1) is 13.4. The first-order valence-corrected chi connectivity index (χ1v) is 7.15. The quantitative estimate of drug-likeness (QED) is 0.738. The topological polar surface area (TPSA) is 17.8 Å². The molecule has 0 bridgehead atoms. The summed E-state index contributed by atoms with van der Waals surface area (Å²) in [4.78, 5) is 0. The van der Waals surface area contributed by atoms with Gasteiger partial charge < -0.3 is 0 Å². The summed E-state index contributed by atoms with van der Waals surface area (Å²) in [7, 11) is 0. The van der Waals surface area contributed by atoms with Crippen LogP contribution in [0, 0.1) is 5.92 Å². The maximum Gasteiger partial charge on any atom is 0.0703 e. The molecule has 0 saturated heterocycles. The summed E-state index contributed by atoms with van der Waals surface area (Å²) in [6.45, 7) is 7.37. The van der Waals surface area contributed by atoms with Crippen molar-refractivity contribution in [3.8, 4) is 0 Å². The van der Waals surface area contributed by atoms with Gasteiger partial charge in [-0.25, -0.2) is 0 Å². The number of benzene rings is 1. The molecule has 2 aromatic rings. The third-order valence-corrected chi connectivity index (χ3v) is 4.14. The van der Waals surface area contributed by atoms with Crippen LogP contribution in [0.5, 0.6) is 0 Å². The van der Waals surface area contributed by atoms with E-state index in [0.717, 1.165) is 19.4 Å². The lowest BCUT2D eigenvalue weighted by Crippen LogP contribution is -2.09. The van der Waals surface area contributed by atoms with Crippen LogP contribution in [0.2, 0.25) is 0 Å². The van der Waals surface area contributed by atoms with E-state index in [2.05, 4.69) is 49.7 Å². The average molecular weight is 265 g/mol. The Hall–Kier alpha value is -1.02. The average Bonchev–Trinajstić information content (AvgIpc) is 2.74. The number of halogens is 1. The van der Waals surface area contributed by atoms with Crippen LogP contribution < -0.4 is 0 Å². The normalized spacial score (nSPS) is 13.4. The molecule has 1 aromatic carbocycles. The van der Waals surface area contributed by atoms with Gasteiger partial charge in [-0.2, -0.15) is 5.10 Å². The zero-order valence-corrected chi connectivity index (χ0v) is 12.1. The molecule has 0 radical (unpaired) electrons. The number of rotatable bonds is 5. The predicted molar refractivity (Wildman–Crippen MR) is 78.2 cm³/mol. The van der Waals surface area contributed by atoms with E-state index < -0.39 is 0 Å². The maximum atomic E-state index is 6.32. The molecule has 0 aliphatic heterocycles. The molecule has 0 saturated carbocycles.